The number of amides is 1. The molecule has 3 aliphatic heterocycles. The van der Waals surface area contributed by atoms with Gasteiger partial charge in [0, 0.05) is 55.7 Å². The number of likely N-dealkylation sites (tertiary alicyclic amines) is 2. The van der Waals surface area contributed by atoms with Crippen LogP contribution in [0.3, 0.4) is 0 Å². The van der Waals surface area contributed by atoms with Crippen molar-refractivity contribution in [3.8, 4) is 0 Å². The Labute approximate surface area is 170 Å². The molecule has 2 fully saturated rings. The van der Waals surface area contributed by atoms with Crippen LogP contribution >= 0.6 is 0 Å². The van der Waals surface area contributed by atoms with E-state index in [2.05, 4.69) is 16.1 Å². The van der Waals surface area contributed by atoms with E-state index in [1.165, 1.54) is 19.3 Å². The highest BCUT2D eigenvalue weighted by atomic mass is 16.2. The van der Waals surface area contributed by atoms with Gasteiger partial charge in [0.15, 0.2) is 0 Å². The standard InChI is InChI=1S/C22H29N5O2/c28-21(16-26-10-4-7-23-26)25-12-17-11-19(15-25)20-6-5-18(22(29)27(20)13-17)14-24-8-2-1-3-9-24/h4-7,10,17,19H,1-3,8-9,11-16H2/t17-,19+/m0/s1. The van der Waals surface area contributed by atoms with E-state index in [0.717, 1.165) is 50.4 Å². The summed E-state index contributed by atoms with van der Waals surface area (Å²) in [5.74, 6) is 0.715. The summed E-state index contributed by atoms with van der Waals surface area (Å²) in [6, 6.07) is 6.01. The molecule has 7 nitrogen and oxygen atoms in total. The quantitative estimate of drug-likeness (QED) is 0.790. The molecule has 7 heteroatoms. The first-order chi connectivity index (χ1) is 14.2. The summed E-state index contributed by atoms with van der Waals surface area (Å²) in [6.45, 7) is 5.40. The van der Waals surface area contributed by atoms with Crippen molar-refractivity contribution in [2.75, 3.05) is 26.2 Å². The maximum Gasteiger partial charge on any atom is 0.255 e. The Morgan fingerprint density at radius 1 is 1.10 bits per heavy atom. The normalized spacial score (nSPS) is 24.3. The van der Waals surface area contributed by atoms with Gasteiger partial charge in [0.1, 0.15) is 6.54 Å². The number of nitrogens with zero attached hydrogens (tertiary/aromatic N) is 5. The fourth-order valence-corrected chi connectivity index (χ4v) is 5.31. The van der Waals surface area contributed by atoms with Crippen LogP contribution in [-0.2, 0) is 24.4 Å². The lowest BCUT2D eigenvalue weighted by Crippen LogP contribution is -2.50. The van der Waals surface area contributed by atoms with Crippen LogP contribution in [0.4, 0.5) is 0 Å². The van der Waals surface area contributed by atoms with Crippen LogP contribution in [0.15, 0.2) is 35.4 Å². The van der Waals surface area contributed by atoms with Crippen LogP contribution in [0.25, 0.3) is 0 Å². The van der Waals surface area contributed by atoms with Crippen molar-refractivity contribution in [1.29, 1.82) is 0 Å². The largest absolute Gasteiger partial charge is 0.340 e. The van der Waals surface area contributed by atoms with Crippen LogP contribution in [0, 0.1) is 5.92 Å². The van der Waals surface area contributed by atoms with E-state index >= 15 is 0 Å². The van der Waals surface area contributed by atoms with Gasteiger partial charge in [-0.05, 0) is 50.4 Å². The Hall–Kier alpha value is -2.41. The highest BCUT2D eigenvalue weighted by Gasteiger charge is 2.36. The molecule has 29 heavy (non-hydrogen) atoms. The highest BCUT2D eigenvalue weighted by molar-refractivity contribution is 5.76. The third-order valence-electron chi connectivity index (χ3n) is 6.73. The van der Waals surface area contributed by atoms with Crippen molar-refractivity contribution in [1.82, 2.24) is 24.1 Å². The topological polar surface area (TPSA) is 63.4 Å². The predicted octanol–water partition coefficient (Wildman–Crippen LogP) is 1.68. The minimum atomic E-state index is 0.112. The number of pyridine rings is 1. The molecule has 0 unspecified atom stereocenters. The lowest BCUT2D eigenvalue weighted by atomic mass is 9.83. The molecule has 154 valence electrons. The molecule has 0 spiro atoms. The minimum Gasteiger partial charge on any atom is -0.340 e. The first kappa shape index (κ1) is 18.6. The molecule has 5 rings (SSSR count). The maximum absolute atomic E-state index is 13.2. The summed E-state index contributed by atoms with van der Waals surface area (Å²) in [6.07, 6.45) is 8.36. The van der Waals surface area contributed by atoms with Crippen LogP contribution in [0.5, 0.6) is 0 Å². The number of aromatic nitrogens is 3. The first-order valence-electron chi connectivity index (χ1n) is 10.9. The van der Waals surface area contributed by atoms with Gasteiger partial charge in [0.2, 0.25) is 5.91 Å². The van der Waals surface area contributed by atoms with E-state index in [1.54, 1.807) is 10.9 Å². The van der Waals surface area contributed by atoms with Crippen molar-refractivity contribution < 1.29 is 4.79 Å². The fraction of sp³-hybridized carbons (Fsp3) is 0.591. The van der Waals surface area contributed by atoms with Crippen molar-refractivity contribution >= 4 is 5.91 Å². The van der Waals surface area contributed by atoms with E-state index < -0.39 is 0 Å². The smallest absolute Gasteiger partial charge is 0.255 e. The number of piperidine rings is 2. The second-order valence-corrected chi connectivity index (χ2v) is 8.84. The van der Waals surface area contributed by atoms with Crippen molar-refractivity contribution in [3.05, 3.63) is 52.2 Å². The van der Waals surface area contributed by atoms with Crippen LogP contribution in [-0.4, -0.2) is 56.2 Å². The van der Waals surface area contributed by atoms with E-state index in [9.17, 15) is 9.59 Å². The first-order valence-corrected chi connectivity index (χ1v) is 10.9. The molecule has 2 aromatic heterocycles. The Balaban J connectivity index is 1.33. The molecule has 0 aliphatic carbocycles. The van der Waals surface area contributed by atoms with Crippen LogP contribution in [0.1, 0.15) is 42.9 Å². The lowest BCUT2D eigenvalue weighted by molar-refractivity contribution is -0.134. The molecule has 0 radical (unpaired) electrons. The van der Waals surface area contributed by atoms with E-state index in [4.69, 9.17) is 0 Å². The van der Waals surface area contributed by atoms with Crippen molar-refractivity contribution in [3.63, 3.8) is 0 Å². The molecule has 2 aromatic rings. The second kappa shape index (κ2) is 7.78. The molecule has 1 amide bonds. The van der Waals surface area contributed by atoms with Crippen molar-refractivity contribution in [2.45, 2.75) is 51.2 Å². The van der Waals surface area contributed by atoms with E-state index in [1.807, 2.05) is 27.8 Å². The van der Waals surface area contributed by atoms with Gasteiger partial charge in [0.25, 0.3) is 5.56 Å². The number of carbonyl (C=O) groups excluding carboxylic acids is 1. The lowest BCUT2D eigenvalue weighted by Gasteiger charge is -2.43. The molecule has 3 aliphatic rings. The number of rotatable bonds is 4. The summed E-state index contributed by atoms with van der Waals surface area (Å²) < 4.78 is 3.69. The summed E-state index contributed by atoms with van der Waals surface area (Å²) in [4.78, 5) is 30.3. The zero-order valence-corrected chi connectivity index (χ0v) is 16.9. The van der Waals surface area contributed by atoms with Gasteiger partial charge in [-0.1, -0.05) is 12.5 Å². The predicted molar refractivity (Wildman–Crippen MR) is 109 cm³/mol. The van der Waals surface area contributed by atoms with Gasteiger partial charge in [-0.25, -0.2) is 0 Å². The second-order valence-electron chi connectivity index (χ2n) is 8.84. The van der Waals surface area contributed by atoms with Gasteiger partial charge in [-0.2, -0.15) is 5.10 Å². The van der Waals surface area contributed by atoms with E-state index in [0.29, 0.717) is 12.5 Å². The molecule has 5 heterocycles. The van der Waals surface area contributed by atoms with Gasteiger partial charge in [-0.15, -0.1) is 0 Å². The molecular formula is C22H29N5O2. The third kappa shape index (κ3) is 3.75. The zero-order valence-electron chi connectivity index (χ0n) is 16.9. The average molecular weight is 396 g/mol. The Kier molecular flexibility index (Phi) is 4.99. The monoisotopic (exact) mass is 395 g/mol. The highest BCUT2D eigenvalue weighted by Crippen LogP contribution is 2.35. The van der Waals surface area contributed by atoms with Gasteiger partial charge < -0.3 is 9.47 Å². The Morgan fingerprint density at radius 3 is 2.76 bits per heavy atom. The van der Waals surface area contributed by atoms with Crippen molar-refractivity contribution in [2.24, 2.45) is 5.92 Å². The van der Waals surface area contributed by atoms with Crippen LogP contribution in [0.2, 0.25) is 0 Å². The molecule has 2 saturated heterocycles. The third-order valence-corrected chi connectivity index (χ3v) is 6.73. The Bertz CT molecular complexity index is 929. The number of carbonyl (C=O) groups is 1. The molecule has 0 N–H and O–H groups in total. The average Bonchev–Trinajstić information content (AvgIpc) is 3.24. The SMILES string of the molecule is O=C(Cn1cccn1)N1C[C@@H]2C[C@H](C1)c1ccc(CN3CCCCC3)c(=O)n1C2. The number of hydrogen-bond acceptors (Lipinski definition) is 4. The summed E-state index contributed by atoms with van der Waals surface area (Å²) in [7, 11) is 0. The molecule has 0 saturated carbocycles. The van der Waals surface area contributed by atoms with Gasteiger partial charge >= 0.3 is 0 Å². The minimum absolute atomic E-state index is 0.112. The molecule has 2 bridgehead atoms. The molecule has 0 aromatic carbocycles. The maximum atomic E-state index is 13.2. The number of fused-ring (bicyclic) bond motifs is 4. The Morgan fingerprint density at radius 2 is 1.97 bits per heavy atom. The van der Waals surface area contributed by atoms with Gasteiger partial charge in [-0.3, -0.25) is 19.2 Å². The fourth-order valence-electron chi connectivity index (χ4n) is 5.31. The van der Waals surface area contributed by atoms with E-state index in [-0.39, 0.29) is 23.9 Å². The summed E-state index contributed by atoms with van der Waals surface area (Å²) >= 11 is 0. The molecule has 2 atom stereocenters. The van der Waals surface area contributed by atoms with Gasteiger partial charge in [0.05, 0.1) is 0 Å². The summed E-state index contributed by atoms with van der Waals surface area (Å²) in [5.41, 5.74) is 2.20. The van der Waals surface area contributed by atoms with Crippen LogP contribution < -0.4 is 5.56 Å². The number of hydrogen-bond donors (Lipinski definition) is 0. The zero-order chi connectivity index (χ0) is 19.8. The summed E-state index contributed by atoms with van der Waals surface area (Å²) in [5, 5.41) is 4.15. The molecular weight excluding hydrogens is 366 g/mol.